The van der Waals surface area contributed by atoms with Gasteiger partial charge in [0.25, 0.3) is 0 Å². The number of aryl methyl sites for hydroxylation is 2. The molecule has 0 aliphatic carbocycles. The number of anilines is 2. The Morgan fingerprint density at radius 2 is 1.72 bits per heavy atom. The highest BCUT2D eigenvalue weighted by Gasteiger charge is 2.35. The Morgan fingerprint density at radius 3 is 2.28 bits per heavy atom. The van der Waals surface area contributed by atoms with E-state index < -0.39 is 16.1 Å². The second kappa shape index (κ2) is 9.81. The summed E-state index contributed by atoms with van der Waals surface area (Å²) >= 11 is 0. The highest BCUT2D eigenvalue weighted by atomic mass is 32.2. The van der Waals surface area contributed by atoms with E-state index in [-0.39, 0.29) is 5.91 Å². The number of rotatable bonds is 7. The Bertz CT molecular complexity index is 1060. The average Bonchev–Trinajstić information content (AvgIpc) is 2.78. The fourth-order valence-electron chi connectivity index (χ4n) is 4.18. The molecule has 1 amide bonds. The first-order valence-corrected chi connectivity index (χ1v) is 12.8. The summed E-state index contributed by atoms with van der Waals surface area (Å²) in [5.74, 6) is 0.646. The maximum Gasteiger partial charge on any atom is 0.246 e. The van der Waals surface area contributed by atoms with E-state index in [2.05, 4.69) is 4.90 Å². The van der Waals surface area contributed by atoms with Crippen molar-refractivity contribution in [3.05, 3.63) is 53.6 Å². The number of carbonyl (C=O) groups excluding carboxylic acids is 1. The molecule has 32 heavy (non-hydrogen) atoms. The molecule has 0 radical (unpaired) electrons. The Kier molecular flexibility index (Phi) is 7.33. The lowest BCUT2D eigenvalue weighted by Gasteiger charge is -2.40. The summed E-state index contributed by atoms with van der Waals surface area (Å²) in [4.78, 5) is 17.5. The molecule has 0 spiro atoms. The van der Waals surface area contributed by atoms with E-state index in [4.69, 9.17) is 4.74 Å². The molecule has 0 N–H and O–H groups in total. The predicted molar refractivity (Wildman–Crippen MR) is 129 cm³/mol. The first kappa shape index (κ1) is 23.9. The molecule has 1 saturated heterocycles. The maximum atomic E-state index is 13.5. The molecule has 8 heteroatoms. The monoisotopic (exact) mass is 459 g/mol. The number of nitrogens with zero attached hydrogens (tertiary/aromatic N) is 3. The van der Waals surface area contributed by atoms with Crippen LogP contribution in [0.15, 0.2) is 42.5 Å². The van der Waals surface area contributed by atoms with Gasteiger partial charge in [-0.1, -0.05) is 25.1 Å². The van der Waals surface area contributed by atoms with Gasteiger partial charge in [-0.15, -0.1) is 0 Å². The molecule has 2 aromatic carbocycles. The average molecular weight is 460 g/mol. The highest BCUT2D eigenvalue weighted by molar-refractivity contribution is 7.92. The number of hydrogen-bond acceptors (Lipinski definition) is 5. The number of hydrogen-bond donors (Lipinski definition) is 0. The van der Waals surface area contributed by atoms with E-state index in [1.165, 1.54) is 4.31 Å². The van der Waals surface area contributed by atoms with Crippen molar-refractivity contribution in [1.29, 1.82) is 0 Å². The quantitative estimate of drug-likeness (QED) is 0.636. The van der Waals surface area contributed by atoms with Crippen LogP contribution >= 0.6 is 0 Å². The minimum Gasteiger partial charge on any atom is -0.495 e. The molecule has 1 aliphatic rings. The fraction of sp³-hybridized carbons (Fsp3) is 0.458. The third-order valence-electron chi connectivity index (χ3n) is 6.07. The zero-order valence-electron chi connectivity index (χ0n) is 19.5. The number of ether oxygens (including phenoxy) is 1. The van der Waals surface area contributed by atoms with Crippen LogP contribution < -0.4 is 13.9 Å². The van der Waals surface area contributed by atoms with Gasteiger partial charge in [-0.2, -0.15) is 0 Å². The summed E-state index contributed by atoms with van der Waals surface area (Å²) in [5, 5.41) is 0. The molecule has 1 fully saturated rings. The van der Waals surface area contributed by atoms with Crippen molar-refractivity contribution in [2.24, 2.45) is 0 Å². The highest BCUT2D eigenvalue weighted by Crippen LogP contribution is 2.29. The second-order valence-electron chi connectivity index (χ2n) is 8.24. The number of carbonyl (C=O) groups is 1. The summed E-state index contributed by atoms with van der Waals surface area (Å²) in [6.07, 6.45) is 1.56. The van der Waals surface area contributed by atoms with E-state index in [1.807, 2.05) is 57.2 Å². The van der Waals surface area contributed by atoms with Crippen molar-refractivity contribution in [2.45, 2.75) is 33.2 Å². The predicted octanol–water partition coefficient (Wildman–Crippen LogP) is 3.21. The van der Waals surface area contributed by atoms with Gasteiger partial charge in [-0.25, -0.2) is 8.42 Å². The van der Waals surface area contributed by atoms with E-state index in [0.717, 1.165) is 28.8 Å². The molecule has 1 heterocycles. The number of para-hydroxylation sites is 2. The molecule has 1 atom stereocenters. The van der Waals surface area contributed by atoms with Gasteiger partial charge in [-0.05, 0) is 55.7 Å². The molecule has 0 aromatic heterocycles. The first-order chi connectivity index (χ1) is 15.2. The molecule has 3 rings (SSSR count). The SMILES string of the molecule is CC[C@H](C(=O)N1CCN(c2ccccc2OC)CC1)N(c1ccc(C)c(C)c1)S(C)(=O)=O. The Balaban J connectivity index is 1.80. The number of benzene rings is 2. The van der Waals surface area contributed by atoms with Crippen LogP contribution in [0.25, 0.3) is 0 Å². The van der Waals surface area contributed by atoms with Crippen molar-refractivity contribution in [3.8, 4) is 5.75 Å². The van der Waals surface area contributed by atoms with Crippen LogP contribution in [0.2, 0.25) is 0 Å². The van der Waals surface area contributed by atoms with Gasteiger partial charge >= 0.3 is 0 Å². The largest absolute Gasteiger partial charge is 0.495 e. The summed E-state index contributed by atoms with van der Waals surface area (Å²) in [6, 6.07) is 12.6. The Hall–Kier alpha value is -2.74. The second-order valence-corrected chi connectivity index (χ2v) is 10.1. The summed E-state index contributed by atoms with van der Waals surface area (Å²) < 4.78 is 32.3. The van der Waals surface area contributed by atoms with Gasteiger partial charge in [-0.3, -0.25) is 9.10 Å². The van der Waals surface area contributed by atoms with Crippen LogP contribution in [-0.4, -0.2) is 64.8 Å². The van der Waals surface area contributed by atoms with Crippen molar-refractivity contribution >= 4 is 27.3 Å². The molecule has 0 bridgehead atoms. The van der Waals surface area contributed by atoms with Crippen LogP contribution in [0.1, 0.15) is 24.5 Å². The number of amides is 1. The minimum absolute atomic E-state index is 0.157. The first-order valence-electron chi connectivity index (χ1n) is 10.9. The number of sulfonamides is 1. The van der Waals surface area contributed by atoms with Gasteiger partial charge in [0.1, 0.15) is 11.8 Å². The van der Waals surface area contributed by atoms with Gasteiger partial charge in [0.2, 0.25) is 15.9 Å². The Morgan fingerprint density at radius 1 is 1.06 bits per heavy atom. The zero-order chi connectivity index (χ0) is 23.5. The van der Waals surface area contributed by atoms with Gasteiger partial charge in [0, 0.05) is 26.2 Å². The molecule has 0 saturated carbocycles. The minimum atomic E-state index is -3.65. The molecular formula is C24H33N3O4S. The van der Waals surface area contributed by atoms with Crippen LogP contribution in [0, 0.1) is 13.8 Å². The molecule has 0 unspecified atom stereocenters. The molecule has 2 aromatic rings. The third kappa shape index (κ3) is 5.01. The molecule has 7 nitrogen and oxygen atoms in total. The molecular weight excluding hydrogens is 426 g/mol. The Labute approximate surface area is 191 Å². The standard InChI is InChI=1S/C24H33N3O4S/c1-6-21(27(32(5,29)30)20-12-11-18(2)19(3)17-20)24(28)26-15-13-25(14-16-26)22-9-7-8-10-23(22)31-4/h7-12,17,21H,6,13-16H2,1-5H3/t21-/m1/s1. The number of methoxy groups -OCH3 is 1. The molecule has 174 valence electrons. The topological polar surface area (TPSA) is 70.2 Å². The van der Waals surface area contributed by atoms with Crippen molar-refractivity contribution in [1.82, 2.24) is 4.90 Å². The summed E-state index contributed by atoms with van der Waals surface area (Å²) in [7, 11) is -2.00. The maximum absolute atomic E-state index is 13.5. The van der Waals surface area contributed by atoms with Gasteiger partial charge in [0.05, 0.1) is 24.7 Å². The summed E-state index contributed by atoms with van der Waals surface area (Å²) in [6.45, 7) is 8.14. The van der Waals surface area contributed by atoms with E-state index >= 15 is 0 Å². The fourth-order valence-corrected chi connectivity index (χ4v) is 5.37. The van der Waals surface area contributed by atoms with Crippen LogP contribution in [0.5, 0.6) is 5.75 Å². The lowest BCUT2D eigenvalue weighted by molar-refractivity contribution is -0.132. The van der Waals surface area contributed by atoms with Crippen molar-refractivity contribution < 1.29 is 17.9 Å². The lowest BCUT2D eigenvalue weighted by atomic mass is 10.1. The van der Waals surface area contributed by atoms with Crippen LogP contribution in [0.3, 0.4) is 0 Å². The summed E-state index contributed by atoms with van der Waals surface area (Å²) in [5.41, 5.74) is 3.60. The van der Waals surface area contributed by atoms with Gasteiger partial charge < -0.3 is 14.5 Å². The van der Waals surface area contributed by atoms with E-state index in [9.17, 15) is 13.2 Å². The zero-order valence-corrected chi connectivity index (χ0v) is 20.4. The molecule has 1 aliphatic heterocycles. The third-order valence-corrected chi connectivity index (χ3v) is 7.25. The number of piperazine rings is 1. The van der Waals surface area contributed by atoms with E-state index in [1.54, 1.807) is 18.1 Å². The van der Waals surface area contributed by atoms with Crippen LogP contribution in [-0.2, 0) is 14.8 Å². The smallest absolute Gasteiger partial charge is 0.246 e. The van der Waals surface area contributed by atoms with E-state index in [0.29, 0.717) is 38.3 Å². The lowest BCUT2D eigenvalue weighted by Crippen LogP contribution is -2.56. The van der Waals surface area contributed by atoms with Crippen molar-refractivity contribution in [2.75, 3.05) is 48.7 Å². The normalized spacial score (nSPS) is 15.4. The van der Waals surface area contributed by atoms with Crippen molar-refractivity contribution in [3.63, 3.8) is 0 Å². The van der Waals surface area contributed by atoms with Crippen LogP contribution in [0.4, 0.5) is 11.4 Å². The van der Waals surface area contributed by atoms with Gasteiger partial charge in [0.15, 0.2) is 0 Å².